The van der Waals surface area contributed by atoms with Gasteiger partial charge in [0.2, 0.25) is 5.91 Å². The number of ketones is 1. The summed E-state index contributed by atoms with van der Waals surface area (Å²) in [6.45, 7) is -0.117. The van der Waals surface area contributed by atoms with Crippen LogP contribution in [0.2, 0.25) is 0 Å². The summed E-state index contributed by atoms with van der Waals surface area (Å²) >= 11 is 0. The fourth-order valence-electron chi connectivity index (χ4n) is 4.18. The molecule has 2 atom stereocenters. The van der Waals surface area contributed by atoms with Crippen molar-refractivity contribution >= 4 is 17.6 Å². The molecule has 32 heavy (non-hydrogen) atoms. The molecule has 0 fully saturated rings. The number of carbonyl (C=O) groups is 3. The standard InChI is InChI=1S/C26H24N2O4/c1-28-24(18-12-14-19(32-2)15-13-18)23(20-10-6-7-11-21(20)26(28)31)25(30)27-16-22(29)17-8-4-3-5-9-17/h3-15,23-24H,16H2,1-2H3,(H,27,30)/t23-,24-/m1/s1. The summed E-state index contributed by atoms with van der Waals surface area (Å²) in [5, 5.41) is 2.80. The van der Waals surface area contributed by atoms with Crippen molar-refractivity contribution in [2.24, 2.45) is 0 Å². The molecule has 0 aromatic heterocycles. The van der Waals surface area contributed by atoms with Crippen LogP contribution in [0.1, 0.15) is 43.8 Å². The minimum Gasteiger partial charge on any atom is -0.497 e. The second-order valence-electron chi connectivity index (χ2n) is 7.71. The van der Waals surface area contributed by atoms with Crippen LogP contribution in [0.5, 0.6) is 5.75 Å². The highest BCUT2D eigenvalue weighted by atomic mass is 16.5. The van der Waals surface area contributed by atoms with E-state index in [1.54, 1.807) is 61.5 Å². The number of hydrogen-bond donors (Lipinski definition) is 1. The first-order valence-electron chi connectivity index (χ1n) is 10.4. The van der Waals surface area contributed by atoms with Crippen LogP contribution >= 0.6 is 0 Å². The van der Waals surface area contributed by atoms with E-state index in [0.717, 1.165) is 5.56 Å². The third-order valence-corrected chi connectivity index (χ3v) is 5.84. The number of amides is 2. The number of Topliss-reactive ketones (excluding diaryl/α,β-unsaturated/α-hetero) is 1. The Hall–Kier alpha value is -3.93. The van der Waals surface area contributed by atoms with Crippen molar-refractivity contribution in [3.63, 3.8) is 0 Å². The van der Waals surface area contributed by atoms with E-state index in [0.29, 0.717) is 22.4 Å². The molecule has 2 amide bonds. The molecule has 6 nitrogen and oxygen atoms in total. The minimum atomic E-state index is -0.661. The molecule has 3 aromatic carbocycles. The van der Waals surface area contributed by atoms with E-state index < -0.39 is 12.0 Å². The highest BCUT2D eigenvalue weighted by Crippen LogP contribution is 2.42. The van der Waals surface area contributed by atoms with Crippen molar-refractivity contribution in [3.05, 3.63) is 101 Å². The maximum Gasteiger partial charge on any atom is 0.254 e. The van der Waals surface area contributed by atoms with Gasteiger partial charge in [-0.25, -0.2) is 0 Å². The molecule has 0 radical (unpaired) electrons. The lowest BCUT2D eigenvalue weighted by Crippen LogP contribution is -2.46. The zero-order chi connectivity index (χ0) is 22.7. The van der Waals surface area contributed by atoms with Crippen LogP contribution in [0, 0.1) is 0 Å². The van der Waals surface area contributed by atoms with Crippen LogP contribution in [-0.2, 0) is 4.79 Å². The number of nitrogens with one attached hydrogen (secondary N) is 1. The predicted molar refractivity (Wildman–Crippen MR) is 121 cm³/mol. The Morgan fingerprint density at radius 3 is 2.28 bits per heavy atom. The van der Waals surface area contributed by atoms with Gasteiger partial charge in [0.05, 0.1) is 25.6 Å². The molecule has 162 valence electrons. The monoisotopic (exact) mass is 428 g/mol. The number of likely N-dealkylation sites (N-methyl/N-ethyl adjacent to an activating group) is 1. The number of fused-ring (bicyclic) bond motifs is 1. The lowest BCUT2D eigenvalue weighted by Gasteiger charge is -2.39. The van der Waals surface area contributed by atoms with Crippen molar-refractivity contribution in [3.8, 4) is 5.75 Å². The molecular weight excluding hydrogens is 404 g/mol. The first kappa shape index (κ1) is 21.3. The van der Waals surface area contributed by atoms with Gasteiger partial charge in [-0.2, -0.15) is 0 Å². The number of nitrogens with zero attached hydrogens (tertiary/aromatic N) is 1. The summed E-state index contributed by atoms with van der Waals surface area (Å²) in [6.07, 6.45) is 0. The van der Waals surface area contributed by atoms with Gasteiger partial charge in [0.15, 0.2) is 5.78 Å². The van der Waals surface area contributed by atoms with Crippen molar-refractivity contribution in [2.75, 3.05) is 20.7 Å². The molecule has 3 aromatic rings. The minimum absolute atomic E-state index is 0.117. The SMILES string of the molecule is COc1ccc([C@@H]2[C@H](C(=O)NCC(=O)c3ccccc3)c3ccccc3C(=O)N2C)cc1. The second-order valence-corrected chi connectivity index (χ2v) is 7.71. The Morgan fingerprint density at radius 2 is 1.59 bits per heavy atom. The Labute approximate surface area is 186 Å². The third-order valence-electron chi connectivity index (χ3n) is 5.84. The predicted octanol–water partition coefficient (Wildman–Crippen LogP) is 3.60. The first-order chi connectivity index (χ1) is 15.5. The van der Waals surface area contributed by atoms with Crippen molar-refractivity contribution in [2.45, 2.75) is 12.0 Å². The molecule has 6 heteroatoms. The summed E-state index contributed by atoms with van der Waals surface area (Å²) < 4.78 is 5.24. The van der Waals surface area contributed by atoms with Gasteiger partial charge in [0, 0.05) is 18.2 Å². The van der Waals surface area contributed by atoms with Gasteiger partial charge in [0.25, 0.3) is 5.91 Å². The van der Waals surface area contributed by atoms with E-state index in [2.05, 4.69) is 5.32 Å². The van der Waals surface area contributed by atoms with Crippen molar-refractivity contribution in [1.82, 2.24) is 10.2 Å². The summed E-state index contributed by atoms with van der Waals surface area (Å²) in [4.78, 5) is 40.6. The topological polar surface area (TPSA) is 75.7 Å². The fourth-order valence-corrected chi connectivity index (χ4v) is 4.18. The molecule has 1 aliphatic heterocycles. The number of benzene rings is 3. The average molecular weight is 428 g/mol. The lowest BCUT2D eigenvalue weighted by molar-refractivity contribution is -0.123. The molecule has 1 N–H and O–H groups in total. The van der Waals surface area contributed by atoms with Gasteiger partial charge < -0.3 is 15.0 Å². The molecule has 0 aliphatic carbocycles. The highest BCUT2D eigenvalue weighted by molar-refractivity contribution is 6.03. The smallest absolute Gasteiger partial charge is 0.254 e. The Morgan fingerprint density at radius 1 is 0.938 bits per heavy atom. The van der Waals surface area contributed by atoms with E-state index in [1.165, 1.54) is 0 Å². The second kappa shape index (κ2) is 9.06. The molecule has 1 heterocycles. The van der Waals surface area contributed by atoms with Gasteiger partial charge >= 0.3 is 0 Å². The summed E-state index contributed by atoms with van der Waals surface area (Å²) in [7, 11) is 3.28. The molecule has 1 aliphatic rings. The van der Waals surface area contributed by atoms with Crippen LogP contribution in [0.25, 0.3) is 0 Å². The zero-order valence-corrected chi connectivity index (χ0v) is 17.9. The van der Waals surface area contributed by atoms with Gasteiger partial charge in [-0.05, 0) is 29.3 Å². The molecule has 0 bridgehead atoms. The molecule has 4 rings (SSSR count). The van der Waals surface area contributed by atoms with Crippen molar-refractivity contribution < 1.29 is 19.1 Å². The van der Waals surface area contributed by atoms with Crippen LogP contribution in [0.4, 0.5) is 0 Å². The maximum atomic E-state index is 13.4. The van der Waals surface area contributed by atoms with Gasteiger partial charge in [0.1, 0.15) is 5.75 Å². The van der Waals surface area contributed by atoms with Gasteiger partial charge in [-0.1, -0.05) is 60.7 Å². The van der Waals surface area contributed by atoms with Crippen LogP contribution in [0.15, 0.2) is 78.9 Å². The summed E-state index contributed by atoms with van der Waals surface area (Å²) in [5.41, 5.74) is 2.50. The normalized spacial score (nSPS) is 17.4. The number of methoxy groups -OCH3 is 1. The van der Waals surface area contributed by atoms with Crippen LogP contribution in [0.3, 0.4) is 0 Å². The Balaban J connectivity index is 1.67. The zero-order valence-electron chi connectivity index (χ0n) is 17.9. The molecule has 0 saturated heterocycles. The summed E-state index contributed by atoms with van der Waals surface area (Å²) in [5.74, 6) is -0.597. The molecule has 0 saturated carbocycles. The third kappa shape index (κ3) is 3.99. The number of rotatable bonds is 6. The number of ether oxygens (including phenoxy) is 1. The Bertz CT molecular complexity index is 1140. The lowest BCUT2D eigenvalue weighted by atomic mass is 9.79. The number of carbonyl (C=O) groups excluding carboxylic acids is 3. The molecular formula is C26H24N2O4. The van der Waals surface area contributed by atoms with Crippen LogP contribution in [-0.4, -0.2) is 43.2 Å². The molecule has 0 unspecified atom stereocenters. The number of hydrogen-bond acceptors (Lipinski definition) is 4. The van der Waals surface area contributed by atoms with Gasteiger partial charge in [-0.15, -0.1) is 0 Å². The van der Waals surface area contributed by atoms with E-state index in [-0.39, 0.29) is 24.1 Å². The van der Waals surface area contributed by atoms with Gasteiger partial charge in [-0.3, -0.25) is 14.4 Å². The van der Waals surface area contributed by atoms with E-state index in [9.17, 15) is 14.4 Å². The maximum absolute atomic E-state index is 13.4. The largest absolute Gasteiger partial charge is 0.497 e. The summed E-state index contributed by atoms with van der Waals surface area (Å²) in [6, 6.07) is 22.8. The van der Waals surface area contributed by atoms with E-state index in [4.69, 9.17) is 4.74 Å². The fraction of sp³-hybridized carbons (Fsp3) is 0.192. The quantitative estimate of drug-likeness (QED) is 0.609. The van der Waals surface area contributed by atoms with E-state index in [1.807, 2.05) is 36.4 Å². The van der Waals surface area contributed by atoms with Crippen molar-refractivity contribution in [1.29, 1.82) is 0 Å². The van der Waals surface area contributed by atoms with Crippen LogP contribution < -0.4 is 10.1 Å². The molecule has 0 spiro atoms. The average Bonchev–Trinajstić information content (AvgIpc) is 2.85. The van der Waals surface area contributed by atoms with E-state index >= 15 is 0 Å². The Kier molecular flexibility index (Phi) is 6.03. The first-order valence-corrected chi connectivity index (χ1v) is 10.4. The highest BCUT2D eigenvalue weighted by Gasteiger charge is 2.42.